The van der Waals surface area contributed by atoms with Crippen LogP contribution in [0.5, 0.6) is 0 Å². The molecule has 0 saturated carbocycles. The number of para-hydroxylation sites is 1. The third-order valence-corrected chi connectivity index (χ3v) is 2.88. The van der Waals surface area contributed by atoms with E-state index < -0.39 is 0 Å². The van der Waals surface area contributed by atoms with Crippen molar-refractivity contribution in [2.75, 3.05) is 10.6 Å². The van der Waals surface area contributed by atoms with Crippen molar-refractivity contribution in [1.29, 1.82) is 0 Å². The molecule has 0 aliphatic heterocycles. The van der Waals surface area contributed by atoms with Crippen LogP contribution in [0.25, 0.3) is 0 Å². The lowest BCUT2D eigenvalue weighted by Gasteiger charge is -2.08. The molecule has 3 rings (SSSR count). The number of aromatic nitrogens is 4. The van der Waals surface area contributed by atoms with Gasteiger partial charge < -0.3 is 10.6 Å². The van der Waals surface area contributed by atoms with Gasteiger partial charge in [0.2, 0.25) is 5.95 Å². The highest BCUT2D eigenvalue weighted by atomic mass is 35.5. The van der Waals surface area contributed by atoms with Gasteiger partial charge in [-0.25, -0.2) is 4.98 Å². The standard InChI is InChI=1S/C13H11ClN6/c14-10-3-1-2-4-11(10)19-12-5-6-15-13(20-12)18-9-7-16-17-8-9/h1-8H,(H,16,17)(H2,15,18,19,20). The van der Waals surface area contributed by atoms with Crippen molar-refractivity contribution in [3.8, 4) is 0 Å². The van der Waals surface area contributed by atoms with Gasteiger partial charge in [0.1, 0.15) is 5.82 Å². The Kier molecular flexibility index (Phi) is 3.47. The minimum absolute atomic E-state index is 0.475. The van der Waals surface area contributed by atoms with E-state index in [9.17, 15) is 0 Å². The van der Waals surface area contributed by atoms with Crippen molar-refractivity contribution in [2.24, 2.45) is 0 Å². The van der Waals surface area contributed by atoms with Crippen LogP contribution in [-0.4, -0.2) is 20.2 Å². The van der Waals surface area contributed by atoms with Crippen LogP contribution >= 0.6 is 11.6 Å². The summed E-state index contributed by atoms with van der Waals surface area (Å²) in [5, 5.41) is 13.4. The molecule has 20 heavy (non-hydrogen) atoms. The fourth-order valence-electron chi connectivity index (χ4n) is 1.64. The summed E-state index contributed by atoms with van der Waals surface area (Å²) in [4.78, 5) is 8.49. The number of rotatable bonds is 4. The van der Waals surface area contributed by atoms with E-state index in [1.807, 2.05) is 24.3 Å². The molecule has 100 valence electrons. The van der Waals surface area contributed by atoms with E-state index in [0.29, 0.717) is 16.8 Å². The number of benzene rings is 1. The fraction of sp³-hybridized carbons (Fsp3) is 0. The van der Waals surface area contributed by atoms with Gasteiger partial charge in [-0.05, 0) is 18.2 Å². The van der Waals surface area contributed by atoms with Gasteiger partial charge in [-0.1, -0.05) is 23.7 Å². The van der Waals surface area contributed by atoms with Crippen LogP contribution < -0.4 is 10.6 Å². The van der Waals surface area contributed by atoms with Gasteiger partial charge in [-0.2, -0.15) is 10.1 Å². The van der Waals surface area contributed by atoms with Crippen molar-refractivity contribution >= 4 is 34.7 Å². The first kappa shape index (κ1) is 12.4. The highest BCUT2D eigenvalue weighted by molar-refractivity contribution is 6.33. The summed E-state index contributed by atoms with van der Waals surface area (Å²) < 4.78 is 0. The number of nitrogens with zero attached hydrogens (tertiary/aromatic N) is 3. The van der Waals surface area contributed by atoms with E-state index >= 15 is 0 Å². The molecule has 0 radical (unpaired) electrons. The third kappa shape index (κ3) is 2.86. The topological polar surface area (TPSA) is 78.5 Å². The summed E-state index contributed by atoms with van der Waals surface area (Å²) in [6.45, 7) is 0. The Balaban J connectivity index is 1.79. The van der Waals surface area contributed by atoms with Crippen LogP contribution in [-0.2, 0) is 0 Å². The first-order valence-electron chi connectivity index (χ1n) is 5.92. The lowest BCUT2D eigenvalue weighted by atomic mass is 10.3. The van der Waals surface area contributed by atoms with Gasteiger partial charge in [0.05, 0.1) is 22.6 Å². The van der Waals surface area contributed by atoms with Gasteiger partial charge in [0.25, 0.3) is 0 Å². The molecule has 2 aromatic heterocycles. The second kappa shape index (κ2) is 5.58. The smallest absolute Gasteiger partial charge is 0.229 e. The molecule has 0 saturated heterocycles. The molecule has 7 heteroatoms. The van der Waals surface area contributed by atoms with Crippen molar-refractivity contribution in [1.82, 2.24) is 20.2 Å². The second-order valence-corrected chi connectivity index (χ2v) is 4.39. The molecule has 3 aromatic rings. The summed E-state index contributed by atoms with van der Waals surface area (Å²) in [5.74, 6) is 1.13. The molecule has 3 N–H and O–H groups in total. The Morgan fingerprint density at radius 2 is 2.00 bits per heavy atom. The Labute approximate surface area is 120 Å². The number of nitrogens with one attached hydrogen (secondary N) is 3. The largest absolute Gasteiger partial charge is 0.339 e. The number of aromatic amines is 1. The highest BCUT2D eigenvalue weighted by Gasteiger charge is 2.03. The number of hydrogen-bond donors (Lipinski definition) is 3. The van der Waals surface area contributed by atoms with Crippen molar-refractivity contribution < 1.29 is 0 Å². The van der Waals surface area contributed by atoms with Crippen LogP contribution in [0.15, 0.2) is 48.9 Å². The Morgan fingerprint density at radius 3 is 2.80 bits per heavy atom. The second-order valence-electron chi connectivity index (χ2n) is 3.98. The SMILES string of the molecule is Clc1ccccc1Nc1ccnc(Nc2cn[nH]c2)n1. The van der Waals surface area contributed by atoms with Gasteiger partial charge >= 0.3 is 0 Å². The first-order valence-corrected chi connectivity index (χ1v) is 6.29. The summed E-state index contributed by atoms with van der Waals surface area (Å²) in [6.07, 6.45) is 5.03. The molecule has 0 unspecified atom stereocenters. The van der Waals surface area contributed by atoms with E-state index in [1.165, 1.54) is 0 Å². The highest BCUT2D eigenvalue weighted by Crippen LogP contribution is 2.24. The maximum Gasteiger partial charge on any atom is 0.229 e. The fourth-order valence-corrected chi connectivity index (χ4v) is 1.82. The zero-order valence-corrected chi connectivity index (χ0v) is 11.1. The van der Waals surface area contributed by atoms with Gasteiger partial charge in [0.15, 0.2) is 0 Å². The zero-order chi connectivity index (χ0) is 13.8. The van der Waals surface area contributed by atoms with Crippen LogP contribution in [0.1, 0.15) is 0 Å². The molecule has 1 aromatic carbocycles. The summed E-state index contributed by atoms with van der Waals surface area (Å²) in [6, 6.07) is 9.24. The van der Waals surface area contributed by atoms with Gasteiger partial charge in [-0.3, -0.25) is 5.10 Å². The Hall–Kier alpha value is -2.60. The zero-order valence-electron chi connectivity index (χ0n) is 10.3. The molecule has 0 bridgehead atoms. The lowest BCUT2D eigenvalue weighted by molar-refractivity contribution is 1.09. The average Bonchev–Trinajstić information content (AvgIpc) is 2.95. The first-order chi connectivity index (χ1) is 9.81. The summed E-state index contributed by atoms with van der Waals surface area (Å²) in [7, 11) is 0. The minimum atomic E-state index is 0.475. The van der Waals surface area contributed by atoms with Gasteiger partial charge in [0, 0.05) is 12.4 Å². The summed E-state index contributed by atoms with van der Waals surface area (Å²) in [5.41, 5.74) is 1.59. The van der Waals surface area contributed by atoms with Crippen LogP contribution in [0.4, 0.5) is 23.1 Å². The van der Waals surface area contributed by atoms with Crippen molar-refractivity contribution in [2.45, 2.75) is 0 Å². The Bertz CT molecular complexity index is 698. The predicted molar refractivity (Wildman–Crippen MR) is 78.6 cm³/mol. The maximum atomic E-state index is 6.10. The average molecular weight is 287 g/mol. The number of H-pyrrole nitrogens is 1. The molecule has 0 fully saturated rings. The minimum Gasteiger partial charge on any atom is -0.339 e. The van der Waals surface area contributed by atoms with E-state index in [1.54, 1.807) is 24.7 Å². The quantitative estimate of drug-likeness (QED) is 0.685. The van der Waals surface area contributed by atoms with E-state index in [-0.39, 0.29) is 0 Å². The van der Waals surface area contributed by atoms with E-state index in [4.69, 9.17) is 11.6 Å². The molecule has 0 amide bonds. The summed E-state index contributed by atoms with van der Waals surface area (Å²) >= 11 is 6.10. The molecular weight excluding hydrogens is 276 g/mol. The van der Waals surface area contributed by atoms with Crippen LogP contribution in [0, 0.1) is 0 Å². The lowest BCUT2D eigenvalue weighted by Crippen LogP contribution is -2.00. The van der Waals surface area contributed by atoms with Crippen molar-refractivity contribution in [3.63, 3.8) is 0 Å². The molecular formula is C13H11ClN6. The van der Waals surface area contributed by atoms with Crippen molar-refractivity contribution in [3.05, 3.63) is 53.9 Å². The monoisotopic (exact) mass is 286 g/mol. The molecule has 0 aliphatic rings. The van der Waals surface area contributed by atoms with E-state index in [0.717, 1.165) is 11.4 Å². The van der Waals surface area contributed by atoms with Crippen LogP contribution in [0.3, 0.4) is 0 Å². The van der Waals surface area contributed by atoms with Gasteiger partial charge in [-0.15, -0.1) is 0 Å². The molecule has 2 heterocycles. The third-order valence-electron chi connectivity index (χ3n) is 2.55. The maximum absolute atomic E-state index is 6.10. The predicted octanol–water partition coefficient (Wildman–Crippen LogP) is 3.34. The molecule has 0 aliphatic carbocycles. The molecule has 0 atom stereocenters. The van der Waals surface area contributed by atoms with E-state index in [2.05, 4.69) is 30.8 Å². The number of hydrogen-bond acceptors (Lipinski definition) is 5. The van der Waals surface area contributed by atoms with Crippen LogP contribution in [0.2, 0.25) is 5.02 Å². The number of anilines is 4. The molecule has 0 spiro atoms. The Morgan fingerprint density at radius 1 is 1.10 bits per heavy atom. The number of halogens is 1. The molecule has 6 nitrogen and oxygen atoms in total. The normalized spacial score (nSPS) is 10.2.